The van der Waals surface area contributed by atoms with E-state index in [1.54, 1.807) is 0 Å². The molecule has 0 N–H and O–H groups in total. The Bertz CT molecular complexity index is 125. The largest absolute Gasteiger partial charge is 0.0912 e. The Morgan fingerprint density at radius 1 is 1.08 bits per heavy atom. The number of allylic oxidation sites excluding steroid dienone is 2. The lowest BCUT2D eigenvalue weighted by atomic mass is 10.4. The molecule has 72 valence electrons. The van der Waals surface area contributed by atoms with E-state index in [2.05, 4.69) is 39.1 Å². The van der Waals surface area contributed by atoms with Crippen LogP contribution in [0, 0.1) is 0 Å². The maximum Gasteiger partial charge on any atom is 0.0511 e. The number of hydrogen-bond acceptors (Lipinski definition) is 0. The highest BCUT2D eigenvalue weighted by atomic mass is 28.3. The summed E-state index contributed by atoms with van der Waals surface area (Å²) in [5.41, 5.74) is 0. The summed E-state index contributed by atoms with van der Waals surface area (Å²) in [4.78, 5) is 0. The van der Waals surface area contributed by atoms with Gasteiger partial charge in [-0.25, -0.2) is 0 Å². The van der Waals surface area contributed by atoms with E-state index < -0.39 is 8.07 Å². The van der Waals surface area contributed by atoms with Gasteiger partial charge < -0.3 is 0 Å². The third-order valence-corrected chi connectivity index (χ3v) is 5.33. The van der Waals surface area contributed by atoms with Crippen molar-refractivity contribution in [2.24, 2.45) is 0 Å². The van der Waals surface area contributed by atoms with E-state index in [0.29, 0.717) is 0 Å². The zero-order valence-electron chi connectivity index (χ0n) is 9.19. The lowest BCUT2D eigenvalue weighted by molar-refractivity contribution is 0.866. The van der Waals surface area contributed by atoms with Crippen molar-refractivity contribution in [3.05, 3.63) is 12.2 Å². The molecule has 0 aromatic carbocycles. The second kappa shape index (κ2) is 6.47. The second-order valence-electron chi connectivity index (χ2n) is 4.35. The van der Waals surface area contributed by atoms with E-state index in [1.165, 1.54) is 31.4 Å². The number of hydrogen-bond donors (Lipinski definition) is 0. The van der Waals surface area contributed by atoms with Crippen LogP contribution in [0.5, 0.6) is 0 Å². The van der Waals surface area contributed by atoms with Gasteiger partial charge in [0.2, 0.25) is 0 Å². The zero-order chi connectivity index (χ0) is 9.45. The van der Waals surface area contributed by atoms with E-state index in [9.17, 15) is 0 Å². The first-order valence-electron chi connectivity index (χ1n) is 5.27. The molecule has 0 nitrogen and oxygen atoms in total. The summed E-state index contributed by atoms with van der Waals surface area (Å²) in [6.07, 6.45) is 8.67. The Morgan fingerprint density at radius 3 is 2.25 bits per heavy atom. The standard InChI is InChI=1S/C11H24Si/c1-5-7-9-11-12(3,4)10-8-6-2/h7,9H,5-6,8,10-11H2,1-4H3/b9-7+. The highest BCUT2D eigenvalue weighted by Gasteiger charge is 2.17. The van der Waals surface area contributed by atoms with Gasteiger partial charge in [0, 0.05) is 0 Å². The van der Waals surface area contributed by atoms with Crippen LogP contribution in [0.25, 0.3) is 0 Å². The van der Waals surface area contributed by atoms with Gasteiger partial charge in [0.25, 0.3) is 0 Å². The van der Waals surface area contributed by atoms with Crippen LogP contribution in [-0.4, -0.2) is 8.07 Å². The van der Waals surface area contributed by atoms with Crippen LogP contribution in [0.15, 0.2) is 12.2 Å². The summed E-state index contributed by atoms with van der Waals surface area (Å²) in [5, 5.41) is 0. The third kappa shape index (κ3) is 6.65. The Kier molecular flexibility index (Phi) is 6.45. The molecule has 0 radical (unpaired) electrons. The third-order valence-electron chi connectivity index (χ3n) is 2.28. The van der Waals surface area contributed by atoms with E-state index in [1.807, 2.05) is 0 Å². The summed E-state index contributed by atoms with van der Waals surface area (Å²) in [7, 11) is -0.848. The first-order chi connectivity index (χ1) is 5.62. The van der Waals surface area contributed by atoms with Gasteiger partial charge in [-0.1, -0.05) is 58.0 Å². The van der Waals surface area contributed by atoms with Crippen LogP contribution in [-0.2, 0) is 0 Å². The Labute approximate surface area is 79.1 Å². The van der Waals surface area contributed by atoms with Crippen LogP contribution in [0.3, 0.4) is 0 Å². The molecule has 0 aliphatic carbocycles. The fourth-order valence-electron chi connectivity index (χ4n) is 1.33. The fraction of sp³-hybridized carbons (Fsp3) is 0.818. The second-order valence-corrected chi connectivity index (χ2v) is 9.59. The van der Waals surface area contributed by atoms with Crippen molar-refractivity contribution in [2.45, 2.75) is 58.3 Å². The molecular formula is C11H24Si. The SMILES string of the molecule is CC/C=C/C[Si](C)(C)CCCC. The number of unbranched alkanes of at least 4 members (excludes halogenated alkanes) is 1. The van der Waals surface area contributed by atoms with Gasteiger partial charge in [0.05, 0.1) is 8.07 Å². The van der Waals surface area contributed by atoms with E-state index in [-0.39, 0.29) is 0 Å². The van der Waals surface area contributed by atoms with Crippen LogP contribution < -0.4 is 0 Å². The molecule has 0 bridgehead atoms. The molecule has 0 amide bonds. The summed E-state index contributed by atoms with van der Waals surface area (Å²) in [6, 6.07) is 2.87. The van der Waals surface area contributed by atoms with Gasteiger partial charge in [-0.15, -0.1) is 0 Å². The zero-order valence-corrected chi connectivity index (χ0v) is 10.2. The Hall–Kier alpha value is -0.0431. The van der Waals surface area contributed by atoms with Gasteiger partial charge in [-0.3, -0.25) is 0 Å². The topological polar surface area (TPSA) is 0 Å². The molecule has 0 atom stereocenters. The molecule has 0 aromatic heterocycles. The van der Waals surface area contributed by atoms with Gasteiger partial charge in [0.15, 0.2) is 0 Å². The van der Waals surface area contributed by atoms with Crippen molar-refractivity contribution >= 4 is 8.07 Å². The quantitative estimate of drug-likeness (QED) is 0.422. The molecule has 0 fully saturated rings. The van der Waals surface area contributed by atoms with E-state index >= 15 is 0 Å². The van der Waals surface area contributed by atoms with Crippen molar-refractivity contribution in [3.63, 3.8) is 0 Å². The van der Waals surface area contributed by atoms with E-state index in [4.69, 9.17) is 0 Å². The molecule has 12 heavy (non-hydrogen) atoms. The van der Waals surface area contributed by atoms with Gasteiger partial charge in [-0.05, 0) is 12.5 Å². The molecule has 0 unspecified atom stereocenters. The molecule has 0 spiro atoms. The molecular weight excluding hydrogens is 160 g/mol. The molecule has 0 aliphatic heterocycles. The Balaban J connectivity index is 3.62. The van der Waals surface area contributed by atoms with Crippen molar-refractivity contribution in [3.8, 4) is 0 Å². The first kappa shape index (κ1) is 12.0. The monoisotopic (exact) mass is 184 g/mol. The van der Waals surface area contributed by atoms with Crippen LogP contribution in [0.4, 0.5) is 0 Å². The van der Waals surface area contributed by atoms with Gasteiger partial charge >= 0.3 is 0 Å². The first-order valence-corrected chi connectivity index (χ1v) is 8.69. The molecule has 0 saturated carbocycles. The molecule has 0 rings (SSSR count). The number of rotatable bonds is 6. The minimum atomic E-state index is -0.848. The summed E-state index contributed by atoms with van der Waals surface area (Å²) in [5.74, 6) is 0. The normalized spacial score (nSPS) is 12.7. The molecule has 0 aromatic rings. The minimum absolute atomic E-state index is 0.848. The lowest BCUT2D eigenvalue weighted by Crippen LogP contribution is -2.23. The van der Waals surface area contributed by atoms with Crippen LogP contribution in [0.1, 0.15) is 33.1 Å². The van der Waals surface area contributed by atoms with Crippen molar-refractivity contribution in [1.29, 1.82) is 0 Å². The lowest BCUT2D eigenvalue weighted by Gasteiger charge is -2.19. The highest BCUT2D eigenvalue weighted by molar-refractivity contribution is 6.77. The van der Waals surface area contributed by atoms with Crippen molar-refractivity contribution in [2.75, 3.05) is 0 Å². The molecule has 0 heterocycles. The predicted molar refractivity (Wildman–Crippen MR) is 61.4 cm³/mol. The molecule has 0 aliphatic rings. The highest BCUT2D eigenvalue weighted by Crippen LogP contribution is 2.18. The fourth-order valence-corrected chi connectivity index (χ4v) is 3.65. The maximum atomic E-state index is 2.50. The summed E-state index contributed by atoms with van der Waals surface area (Å²) in [6.45, 7) is 9.49. The van der Waals surface area contributed by atoms with Gasteiger partial charge in [0.1, 0.15) is 0 Å². The molecule has 0 saturated heterocycles. The average molecular weight is 184 g/mol. The summed E-state index contributed by atoms with van der Waals surface area (Å²) >= 11 is 0. The van der Waals surface area contributed by atoms with Crippen molar-refractivity contribution < 1.29 is 0 Å². The van der Waals surface area contributed by atoms with Crippen LogP contribution >= 0.6 is 0 Å². The van der Waals surface area contributed by atoms with Gasteiger partial charge in [-0.2, -0.15) is 0 Å². The summed E-state index contributed by atoms with van der Waals surface area (Å²) < 4.78 is 0. The molecule has 1 heteroatoms. The maximum absolute atomic E-state index is 2.50. The predicted octanol–water partition coefficient (Wildman–Crippen LogP) is 4.46. The smallest absolute Gasteiger partial charge is 0.0511 e. The van der Waals surface area contributed by atoms with E-state index in [0.717, 1.165) is 0 Å². The minimum Gasteiger partial charge on any atom is -0.0912 e. The Morgan fingerprint density at radius 2 is 1.75 bits per heavy atom. The van der Waals surface area contributed by atoms with Crippen LogP contribution in [0.2, 0.25) is 25.2 Å². The average Bonchev–Trinajstić information content (AvgIpc) is 2.01. The van der Waals surface area contributed by atoms with Crippen molar-refractivity contribution in [1.82, 2.24) is 0 Å².